The van der Waals surface area contributed by atoms with Gasteiger partial charge in [-0.1, -0.05) is 6.07 Å². The standard InChI is InChI=1S/C14H16N4O3/c1-8-9(3-2-4-10(8)15)11(19)18-6-5-14(7-18)12(20)16-13(21)17-14/h2-4H,5-7,15H2,1H3,(H2,16,17,20,21). The van der Waals surface area contributed by atoms with Crippen LogP contribution in [0.3, 0.4) is 0 Å². The number of imide groups is 1. The van der Waals surface area contributed by atoms with Crippen molar-refractivity contribution in [3.05, 3.63) is 29.3 Å². The van der Waals surface area contributed by atoms with E-state index in [1.807, 2.05) is 0 Å². The first kappa shape index (κ1) is 13.4. The Balaban J connectivity index is 1.83. The van der Waals surface area contributed by atoms with E-state index in [0.717, 1.165) is 5.56 Å². The highest BCUT2D eigenvalue weighted by molar-refractivity contribution is 6.08. The fraction of sp³-hybridized carbons (Fsp3) is 0.357. The van der Waals surface area contributed by atoms with Gasteiger partial charge in [-0.15, -0.1) is 0 Å². The first-order valence-electron chi connectivity index (χ1n) is 6.71. The van der Waals surface area contributed by atoms with Gasteiger partial charge in [0.05, 0.1) is 6.54 Å². The van der Waals surface area contributed by atoms with Crippen molar-refractivity contribution in [3.63, 3.8) is 0 Å². The Bertz CT molecular complexity index is 658. The lowest BCUT2D eigenvalue weighted by atomic mass is 9.99. The molecule has 2 heterocycles. The molecule has 0 saturated carbocycles. The number of nitrogens with zero attached hydrogens (tertiary/aromatic N) is 1. The maximum Gasteiger partial charge on any atom is 0.322 e. The topological polar surface area (TPSA) is 105 Å². The molecular formula is C14H16N4O3. The molecule has 4 N–H and O–H groups in total. The zero-order valence-corrected chi connectivity index (χ0v) is 11.6. The molecule has 21 heavy (non-hydrogen) atoms. The molecule has 3 rings (SSSR count). The van der Waals surface area contributed by atoms with Crippen LogP contribution >= 0.6 is 0 Å². The zero-order valence-electron chi connectivity index (χ0n) is 11.6. The number of nitrogens with two attached hydrogens (primary N) is 1. The molecule has 7 heteroatoms. The summed E-state index contributed by atoms with van der Waals surface area (Å²) >= 11 is 0. The average molecular weight is 288 g/mol. The van der Waals surface area contributed by atoms with Gasteiger partial charge in [0.2, 0.25) is 0 Å². The summed E-state index contributed by atoms with van der Waals surface area (Å²) in [5, 5.41) is 4.85. The second-order valence-corrected chi connectivity index (χ2v) is 5.49. The first-order chi connectivity index (χ1) is 9.93. The Morgan fingerprint density at radius 2 is 2.14 bits per heavy atom. The lowest BCUT2D eigenvalue weighted by Crippen LogP contribution is -2.49. The van der Waals surface area contributed by atoms with E-state index in [1.165, 1.54) is 0 Å². The number of likely N-dealkylation sites (tertiary alicyclic amines) is 1. The molecule has 2 aliphatic rings. The summed E-state index contributed by atoms with van der Waals surface area (Å²) in [6.45, 7) is 2.39. The Kier molecular flexibility index (Phi) is 2.86. The molecule has 0 aliphatic carbocycles. The van der Waals surface area contributed by atoms with Gasteiger partial charge < -0.3 is 16.0 Å². The van der Waals surface area contributed by atoms with E-state index in [4.69, 9.17) is 5.73 Å². The second kappa shape index (κ2) is 4.47. The maximum absolute atomic E-state index is 12.6. The average Bonchev–Trinajstić information content (AvgIpc) is 2.97. The first-order valence-corrected chi connectivity index (χ1v) is 6.71. The molecule has 2 saturated heterocycles. The van der Waals surface area contributed by atoms with Crippen LogP contribution in [0.25, 0.3) is 0 Å². The van der Waals surface area contributed by atoms with Crippen LogP contribution in [0.15, 0.2) is 18.2 Å². The van der Waals surface area contributed by atoms with Gasteiger partial charge in [-0.05, 0) is 31.0 Å². The number of hydrogen-bond donors (Lipinski definition) is 3. The Labute approximate surface area is 121 Å². The molecule has 4 amide bonds. The normalized spacial score (nSPS) is 24.3. The lowest BCUT2D eigenvalue weighted by Gasteiger charge is -2.21. The molecule has 0 radical (unpaired) electrons. The maximum atomic E-state index is 12.6. The fourth-order valence-corrected chi connectivity index (χ4v) is 2.85. The molecule has 1 atom stereocenters. The molecule has 0 bridgehead atoms. The molecule has 1 aromatic rings. The van der Waals surface area contributed by atoms with Crippen LogP contribution in [-0.2, 0) is 4.79 Å². The van der Waals surface area contributed by atoms with Crippen molar-refractivity contribution in [2.75, 3.05) is 18.8 Å². The highest BCUT2D eigenvalue weighted by atomic mass is 16.2. The Morgan fingerprint density at radius 1 is 1.38 bits per heavy atom. The van der Waals surface area contributed by atoms with Crippen molar-refractivity contribution in [2.24, 2.45) is 0 Å². The van der Waals surface area contributed by atoms with Crippen LogP contribution in [0.4, 0.5) is 10.5 Å². The summed E-state index contributed by atoms with van der Waals surface area (Å²) in [6.07, 6.45) is 0.414. The third-order valence-corrected chi connectivity index (χ3v) is 4.18. The number of nitrogen functional groups attached to an aromatic ring is 1. The number of carbonyl (C=O) groups excluding carboxylic acids is 3. The highest BCUT2D eigenvalue weighted by Gasteiger charge is 2.51. The van der Waals surface area contributed by atoms with E-state index in [9.17, 15) is 14.4 Å². The molecule has 2 fully saturated rings. The molecule has 110 valence electrons. The van der Waals surface area contributed by atoms with Crippen molar-refractivity contribution >= 4 is 23.5 Å². The van der Waals surface area contributed by atoms with E-state index in [-0.39, 0.29) is 18.4 Å². The molecular weight excluding hydrogens is 272 g/mol. The summed E-state index contributed by atoms with van der Waals surface area (Å²) in [4.78, 5) is 37.3. The van der Waals surface area contributed by atoms with E-state index in [0.29, 0.717) is 24.2 Å². The molecule has 7 nitrogen and oxygen atoms in total. The monoisotopic (exact) mass is 288 g/mol. The number of carbonyl (C=O) groups is 3. The fourth-order valence-electron chi connectivity index (χ4n) is 2.85. The number of nitrogens with one attached hydrogen (secondary N) is 2. The highest BCUT2D eigenvalue weighted by Crippen LogP contribution is 2.27. The number of amides is 4. The summed E-state index contributed by atoms with van der Waals surface area (Å²) in [7, 11) is 0. The summed E-state index contributed by atoms with van der Waals surface area (Å²) in [5.41, 5.74) is 6.64. The number of anilines is 1. The van der Waals surface area contributed by atoms with Gasteiger partial charge >= 0.3 is 6.03 Å². The van der Waals surface area contributed by atoms with Crippen LogP contribution in [0.5, 0.6) is 0 Å². The molecule has 0 aromatic heterocycles. The lowest BCUT2D eigenvalue weighted by molar-refractivity contribution is -0.123. The van der Waals surface area contributed by atoms with Crippen molar-refractivity contribution < 1.29 is 14.4 Å². The summed E-state index contributed by atoms with van der Waals surface area (Å²) < 4.78 is 0. The predicted octanol–water partition coefficient (Wildman–Crippen LogP) is 0.00132. The van der Waals surface area contributed by atoms with Crippen molar-refractivity contribution in [3.8, 4) is 0 Å². The number of hydrogen-bond acceptors (Lipinski definition) is 4. The number of benzene rings is 1. The van der Waals surface area contributed by atoms with Crippen LogP contribution in [0.1, 0.15) is 22.3 Å². The van der Waals surface area contributed by atoms with Crippen molar-refractivity contribution in [1.82, 2.24) is 15.5 Å². The van der Waals surface area contributed by atoms with E-state index in [1.54, 1.807) is 30.0 Å². The second-order valence-electron chi connectivity index (χ2n) is 5.49. The van der Waals surface area contributed by atoms with Gasteiger partial charge in [0.25, 0.3) is 11.8 Å². The molecule has 1 unspecified atom stereocenters. The minimum atomic E-state index is -0.985. The number of urea groups is 1. The SMILES string of the molecule is Cc1c(N)cccc1C(=O)N1CCC2(C1)NC(=O)NC2=O. The van der Waals surface area contributed by atoms with Gasteiger partial charge in [0.1, 0.15) is 5.54 Å². The smallest absolute Gasteiger partial charge is 0.322 e. The zero-order chi connectivity index (χ0) is 15.2. The van der Waals surface area contributed by atoms with Crippen molar-refractivity contribution in [1.29, 1.82) is 0 Å². The number of rotatable bonds is 1. The van der Waals surface area contributed by atoms with Crippen LogP contribution in [-0.4, -0.2) is 41.4 Å². The van der Waals surface area contributed by atoms with Gasteiger partial charge in [-0.25, -0.2) is 4.79 Å². The van der Waals surface area contributed by atoms with E-state index >= 15 is 0 Å². The van der Waals surface area contributed by atoms with Crippen LogP contribution < -0.4 is 16.4 Å². The minimum absolute atomic E-state index is 0.175. The van der Waals surface area contributed by atoms with Gasteiger partial charge in [0, 0.05) is 17.8 Å². The van der Waals surface area contributed by atoms with Crippen molar-refractivity contribution in [2.45, 2.75) is 18.9 Å². The minimum Gasteiger partial charge on any atom is -0.398 e. The summed E-state index contributed by atoms with van der Waals surface area (Å²) in [6, 6.07) is 4.68. The van der Waals surface area contributed by atoms with Gasteiger partial charge in [-0.2, -0.15) is 0 Å². The van der Waals surface area contributed by atoms with Gasteiger partial charge in [-0.3, -0.25) is 14.9 Å². The third-order valence-electron chi connectivity index (χ3n) is 4.18. The van der Waals surface area contributed by atoms with Crippen LogP contribution in [0.2, 0.25) is 0 Å². The Morgan fingerprint density at radius 3 is 2.81 bits per heavy atom. The third kappa shape index (κ3) is 2.01. The van der Waals surface area contributed by atoms with E-state index in [2.05, 4.69) is 10.6 Å². The van der Waals surface area contributed by atoms with E-state index < -0.39 is 11.6 Å². The predicted molar refractivity (Wildman–Crippen MR) is 75.5 cm³/mol. The van der Waals surface area contributed by atoms with Crippen LogP contribution in [0, 0.1) is 6.92 Å². The Hall–Kier alpha value is -2.57. The molecule has 1 aromatic carbocycles. The molecule has 1 spiro atoms. The summed E-state index contributed by atoms with van der Waals surface area (Å²) in [5.74, 6) is -0.544. The van der Waals surface area contributed by atoms with Gasteiger partial charge in [0.15, 0.2) is 0 Å². The molecule has 2 aliphatic heterocycles. The quantitative estimate of drug-likeness (QED) is 0.500. The largest absolute Gasteiger partial charge is 0.398 e.